The Balaban J connectivity index is 1.20. The summed E-state index contributed by atoms with van der Waals surface area (Å²) in [5, 5.41) is 0. The number of rotatable bonds is 15. The average Bonchev–Trinajstić information content (AvgIpc) is 4.06. The van der Waals surface area contributed by atoms with Crippen LogP contribution in [0.1, 0.15) is 109 Å². The van der Waals surface area contributed by atoms with Crippen LogP contribution < -0.4 is 4.48 Å². The number of nitrogens with zero attached hydrogens (tertiary/aromatic N) is 4. The van der Waals surface area contributed by atoms with Crippen molar-refractivity contribution in [2.75, 3.05) is 34.4 Å². The summed E-state index contributed by atoms with van der Waals surface area (Å²) in [5.41, 5.74) is 15.7. The van der Waals surface area contributed by atoms with Crippen LogP contribution in [0.2, 0.25) is 0 Å². The molecular weight excluding hydrogens is 861 g/mol. The van der Waals surface area contributed by atoms with Gasteiger partial charge in [0, 0.05) is 71.6 Å². The van der Waals surface area contributed by atoms with Gasteiger partial charge in [-0.3, -0.25) is 14.6 Å². The number of amides is 1. The molecule has 0 saturated heterocycles. The van der Waals surface area contributed by atoms with E-state index in [1.54, 1.807) is 0 Å². The van der Waals surface area contributed by atoms with Crippen LogP contribution >= 0.6 is 0 Å². The maximum atomic E-state index is 14.4. The quantitative estimate of drug-likeness (QED) is 0.0774. The van der Waals surface area contributed by atoms with E-state index < -0.39 is 11.9 Å². The van der Waals surface area contributed by atoms with Crippen molar-refractivity contribution in [1.29, 1.82) is 0 Å². The Bertz CT molecular complexity index is 2980. The maximum Gasteiger partial charge on any atom is 0.340 e. The predicted octanol–water partition coefficient (Wildman–Crippen LogP) is 12.1. The van der Waals surface area contributed by atoms with Gasteiger partial charge in [-0.05, 0) is 122 Å². The first-order valence-electron chi connectivity index (χ1n) is 24.2. The van der Waals surface area contributed by atoms with Gasteiger partial charge in [0.05, 0.1) is 49.8 Å². The van der Waals surface area contributed by atoms with E-state index >= 15 is 0 Å². The molecule has 3 aromatic carbocycles. The molecule has 0 aliphatic carbocycles. The zero-order valence-corrected chi connectivity index (χ0v) is 41.5. The van der Waals surface area contributed by atoms with Gasteiger partial charge in [0.15, 0.2) is 0 Å². The molecule has 8 rings (SSSR count). The molecule has 8 bridgehead atoms. The first-order valence-corrected chi connectivity index (χ1v) is 24.2. The number of allylic oxidation sites excluding steroid dienone is 1. The third-order valence-corrected chi connectivity index (χ3v) is 14.6. The van der Waals surface area contributed by atoms with Gasteiger partial charge in [0.1, 0.15) is 17.1 Å². The zero-order valence-electron chi connectivity index (χ0n) is 41.5. The number of esters is 2. The Morgan fingerprint density at radius 1 is 0.696 bits per heavy atom. The van der Waals surface area contributed by atoms with Crippen LogP contribution in [0.5, 0.6) is 0 Å². The lowest BCUT2D eigenvalue weighted by Gasteiger charge is -2.38. The molecule has 0 unspecified atom stereocenters. The van der Waals surface area contributed by atoms with Crippen LogP contribution in [0.4, 0.5) is 17.1 Å². The van der Waals surface area contributed by atoms with Gasteiger partial charge < -0.3 is 24.3 Å². The summed E-state index contributed by atoms with van der Waals surface area (Å²) in [4.78, 5) is 61.6. The standard InChI is InChI=1S/C58H64N6O5/c1-10-43-36(3)47-33-49-38(5)45(28-29-53(65)63(7)30-21-31-64(40-22-15-12-16-23-40,41-24-17-13-18-25-41)42-26-19-14-20-27-42)56(61-49)46(32-54(66)68-8)57-55(58(67)69-9)39(6)50(62-57)35-52-44(11-2)37(4)48(60-52)34-51(43)59-47/h12-20,22-27,33-35,38,45H,10-11,21,28-32H2,1-9H3,(H-,59,60,61,62,67)/p+1/t38-,45-/m0/s1. The second-order valence-corrected chi connectivity index (χ2v) is 18.4. The Kier molecular flexibility index (Phi) is 14.5. The number of hydrogen-bond acceptors (Lipinski definition) is 7. The van der Waals surface area contributed by atoms with Gasteiger partial charge in [-0.25, -0.2) is 14.3 Å². The second kappa shape index (κ2) is 20.6. The average molecular weight is 926 g/mol. The number of carbonyl (C=O) groups excluding carboxylic acids is 3. The molecule has 5 heterocycles. The van der Waals surface area contributed by atoms with Gasteiger partial charge in [-0.2, -0.15) is 0 Å². The van der Waals surface area contributed by atoms with Gasteiger partial charge in [0.2, 0.25) is 5.91 Å². The van der Waals surface area contributed by atoms with Crippen molar-refractivity contribution in [2.45, 2.75) is 91.9 Å². The number of quaternary nitrogens is 1. The van der Waals surface area contributed by atoms with Crippen LogP contribution in [0.3, 0.4) is 0 Å². The first-order chi connectivity index (χ1) is 33.3. The predicted molar refractivity (Wildman–Crippen MR) is 277 cm³/mol. The van der Waals surface area contributed by atoms with E-state index in [-0.39, 0.29) is 36.2 Å². The number of methoxy groups -OCH3 is 2. The number of aromatic nitrogens is 4. The van der Waals surface area contributed by atoms with Gasteiger partial charge in [-0.1, -0.05) is 75.4 Å². The van der Waals surface area contributed by atoms with Crippen molar-refractivity contribution in [1.82, 2.24) is 29.3 Å². The molecule has 2 aliphatic heterocycles. The number of benzene rings is 3. The normalized spacial score (nSPS) is 14.7. The fraction of sp³-hybridized carbons (Fsp3) is 0.328. The molecule has 0 radical (unpaired) electrons. The largest absolute Gasteiger partial charge is 0.469 e. The van der Waals surface area contributed by atoms with E-state index in [2.05, 4.69) is 130 Å². The SMILES string of the molecule is CCc1c(C)c2cc3[nH]c(cc4nc(c(CC(=O)OC)c5nc(cc1[nH]2)C(C)=C5C(=O)OC)[C@@H](CCC(=O)N(C)CCC[N+](c1ccccc1)(c1ccccc1)c1ccccc1)[C@@H]4C)c(C)c3CC. The van der Waals surface area contributed by atoms with E-state index in [9.17, 15) is 14.4 Å². The number of hydrogen-bond donors (Lipinski definition) is 2. The summed E-state index contributed by atoms with van der Waals surface area (Å²) in [7, 11) is 4.59. The number of nitrogens with one attached hydrogen (secondary N) is 2. The highest BCUT2D eigenvalue weighted by molar-refractivity contribution is 6.25. The smallest absolute Gasteiger partial charge is 0.340 e. The molecule has 11 heteroatoms. The van der Waals surface area contributed by atoms with E-state index in [4.69, 9.17) is 19.4 Å². The molecule has 6 aromatic rings. The fourth-order valence-electron chi connectivity index (χ4n) is 10.7. The summed E-state index contributed by atoms with van der Waals surface area (Å²) in [5.74, 6) is -1.51. The van der Waals surface area contributed by atoms with E-state index in [1.165, 1.54) is 19.8 Å². The van der Waals surface area contributed by atoms with E-state index in [0.29, 0.717) is 45.7 Å². The zero-order chi connectivity index (χ0) is 49.0. The fourth-order valence-corrected chi connectivity index (χ4v) is 10.7. The monoisotopic (exact) mass is 926 g/mol. The third kappa shape index (κ3) is 9.27. The topological polar surface area (TPSA) is 130 Å². The number of aryl methyl sites for hydroxylation is 4. The molecule has 69 heavy (non-hydrogen) atoms. The number of aromatic amines is 2. The Morgan fingerprint density at radius 2 is 1.23 bits per heavy atom. The summed E-state index contributed by atoms with van der Waals surface area (Å²) in [6.07, 6.45) is 2.84. The molecule has 356 valence electrons. The van der Waals surface area contributed by atoms with Crippen molar-refractivity contribution < 1.29 is 23.9 Å². The van der Waals surface area contributed by atoms with Gasteiger partial charge in [0.25, 0.3) is 0 Å². The summed E-state index contributed by atoms with van der Waals surface area (Å²) >= 11 is 0. The van der Waals surface area contributed by atoms with Gasteiger partial charge in [-0.15, -0.1) is 0 Å². The molecule has 2 N–H and O–H groups in total. The van der Waals surface area contributed by atoms with Crippen LogP contribution in [-0.2, 0) is 43.1 Å². The minimum Gasteiger partial charge on any atom is -0.469 e. The molecule has 3 aromatic heterocycles. The lowest BCUT2D eigenvalue weighted by molar-refractivity contribution is -0.140. The molecule has 1 amide bonds. The van der Waals surface area contributed by atoms with Crippen molar-refractivity contribution in [2.24, 2.45) is 0 Å². The highest BCUT2D eigenvalue weighted by Gasteiger charge is 2.38. The number of carbonyl (C=O) groups is 3. The number of fused-ring (bicyclic) bond motifs is 8. The number of H-pyrrole nitrogens is 2. The Hall–Kier alpha value is -7.11. The highest BCUT2D eigenvalue weighted by atomic mass is 16.5. The molecule has 2 aliphatic rings. The highest BCUT2D eigenvalue weighted by Crippen LogP contribution is 2.46. The molecule has 11 nitrogen and oxygen atoms in total. The second-order valence-electron chi connectivity index (χ2n) is 18.4. The maximum absolute atomic E-state index is 14.4. The van der Waals surface area contributed by atoms with Crippen LogP contribution in [0.25, 0.3) is 33.2 Å². The Labute approximate surface area is 405 Å². The molecule has 0 saturated carbocycles. The molecule has 0 fully saturated rings. The molecule has 2 atom stereocenters. The first kappa shape index (κ1) is 48.4. The molecular formula is C58H65N6O5+. The summed E-state index contributed by atoms with van der Waals surface area (Å²) in [6.45, 7) is 13.8. The van der Waals surface area contributed by atoms with Crippen molar-refractivity contribution >= 4 is 68.1 Å². The van der Waals surface area contributed by atoms with E-state index in [1.807, 2.05) is 43.1 Å². The van der Waals surface area contributed by atoms with Crippen molar-refractivity contribution in [3.05, 3.63) is 160 Å². The van der Waals surface area contributed by atoms with Gasteiger partial charge >= 0.3 is 11.9 Å². The lowest BCUT2D eigenvalue weighted by Crippen LogP contribution is -2.41. The van der Waals surface area contributed by atoms with Crippen LogP contribution in [-0.4, -0.2) is 77.0 Å². The minimum atomic E-state index is -0.561. The van der Waals surface area contributed by atoms with E-state index in [0.717, 1.165) is 87.3 Å². The summed E-state index contributed by atoms with van der Waals surface area (Å²) < 4.78 is 11.2. The Morgan fingerprint density at radius 3 is 1.75 bits per heavy atom. The third-order valence-electron chi connectivity index (χ3n) is 14.6. The summed E-state index contributed by atoms with van der Waals surface area (Å²) in [6, 6.07) is 38.0. The molecule has 0 spiro atoms. The van der Waals surface area contributed by atoms with Crippen LogP contribution in [0.15, 0.2) is 109 Å². The number of ether oxygens (including phenoxy) is 2. The minimum absolute atomic E-state index is 0.0127. The van der Waals surface area contributed by atoms with Crippen molar-refractivity contribution in [3.8, 4) is 0 Å². The van der Waals surface area contributed by atoms with Crippen LogP contribution in [0, 0.1) is 13.8 Å². The lowest BCUT2D eigenvalue weighted by atomic mass is 9.84. The van der Waals surface area contributed by atoms with Crippen molar-refractivity contribution in [3.63, 3.8) is 0 Å². The number of para-hydroxylation sites is 3.